The molecule has 0 unspecified atom stereocenters. The number of hydrogen-bond acceptors (Lipinski definition) is 7. The van der Waals surface area contributed by atoms with Crippen molar-refractivity contribution in [2.45, 2.75) is 40.8 Å². The summed E-state index contributed by atoms with van der Waals surface area (Å²) in [6.45, 7) is 7.21. The predicted molar refractivity (Wildman–Crippen MR) is 135 cm³/mol. The van der Waals surface area contributed by atoms with E-state index in [1.165, 1.54) is 11.7 Å². The van der Waals surface area contributed by atoms with Gasteiger partial charge in [0.2, 0.25) is 5.62 Å². The maximum absolute atomic E-state index is 13.6. The number of nitrogens with one attached hydrogen (secondary N) is 1. The van der Waals surface area contributed by atoms with Crippen LogP contribution in [0.2, 0.25) is 0 Å². The summed E-state index contributed by atoms with van der Waals surface area (Å²) < 4.78 is 8.23. The van der Waals surface area contributed by atoms with Crippen molar-refractivity contribution in [3.8, 4) is 0 Å². The van der Waals surface area contributed by atoms with Crippen LogP contribution in [-0.4, -0.2) is 32.2 Å². The van der Waals surface area contributed by atoms with Crippen LogP contribution in [0.25, 0.3) is 10.2 Å². The summed E-state index contributed by atoms with van der Waals surface area (Å²) in [4.78, 5) is 50.6. The van der Waals surface area contributed by atoms with Crippen molar-refractivity contribution in [1.29, 1.82) is 0 Å². The molecule has 2 heterocycles. The molecule has 0 radical (unpaired) electrons. The third-order valence-corrected chi connectivity index (χ3v) is 6.58. The van der Waals surface area contributed by atoms with Gasteiger partial charge < -0.3 is 4.74 Å². The average molecular weight is 494 g/mol. The van der Waals surface area contributed by atoms with E-state index in [0.717, 1.165) is 30.9 Å². The van der Waals surface area contributed by atoms with Gasteiger partial charge in [-0.2, -0.15) is 0 Å². The molecular formula is C25H27N5O4S. The zero-order chi connectivity index (χ0) is 25.3. The van der Waals surface area contributed by atoms with Gasteiger partial charge in [0.15, 0.2) is 0 Å². The molecule has 35 heavy (non-hydrogen) atoms. The fourth-order valence-electron chi connectivity index (χ4n) is 3.76. The van der Waals surface area contributed by atoms with Crippen LogP contribution in [0, 0.1) is 19.3 Å². The number of ether oxygens (including phenoxy) is 1. The monoisotopic (exact) mass is 493 g/mol. The van der Waals surface area contributed by atoms with Gasteiger partial charge in [-0.3, -0.25) is 14.3 Å². The van der Waals surface area contributed by atoms with E-state index < -0.39 is 22.8 Å². The van der Waals surface area contributed by atoms with Crippen LogP contribution in [0.15, 0.2) is 57.0 Å². The molecule has 10 heteroatoms. The minimum Gasteiger partial charge on any atom is -0.469 e. The van der Waals surface area contributed by atoms with Gasteiger partial charge in [0.25, 0.3) is 0 Å². The van der Waals surface area contributed by atoms with E-state index >= 15 is 0 Å². The van der Waals surface area contributed by atoms with E-state index in [1.54, 1.807) is 31.3 Å². The summed E-state index contributed by atoms with van der Waals surface area (Å²) in [5.41, 5.74) is 1.23. The highest BCUT2D eigenvalue weighted by Crippen LogP contribution is 2.25. The quantitative estimate of drug-likeness (QED) is 0.415. The molecule has 182 valence electrons. The number of benzene rings is 2. The Morgan fingerprint density at radius 2 is 1.83 bits per heavy atom. The standard InChI is InChI=1S/C25H27N5O4S/c1-15-6-8-17(9-7-15)13-29-22(27-18-10-11-19-20(12-18)35-16(2)26-19)28-23(32)30(24(29)33)14-25(3,4)21(31)34-5/h6-12H,13-14H2,1-5H3,(H,27,28,32). The Balaban J connectivity index is 1.89. The Bertz CT molecular complexity index is 1590. The van der Waals surface area contributed by atoms with Crippen molar-refractivity contribution in [1.82, 2.24) is 19.1 Å². The number of H-pyrrole nitrogens is 1. The highest BCUT2D eigenvalue weighted by atomic mass is 32.1. The first-order valence-corrected chi connectivity index (χ1v) is 11.9. The molecule has 4 rings (SSSR count). The van der Waals surface area contributed by atoms with Gasteiger partial charge in [-0.15, -0.1) is 11.3 Å². The minimum atomic E-state index is -1.08. The van der Waals surface area contributed by atoms with E-state index in [2.05, 4.69) is 15.0 Å². The number of fused-ring (bicyclic) bond motifs is 1. The number of carbonyl (C=O) groups excluding carboxylic acids is 1. The summed E-state index contributed by atoms with van der Waals surface area (Å²) in [6, 6.07) is 13.3. The van der Waals surface area contributed by atoms with Crippen molar-refractivity contribution in [2.75, 3.05) is 7.11 Å². The van der Waals surface area contributed by atoms with Crippen molar-refractivity contribution in [2.24, 2.45) is 10.4 Å². The topological polar surface area (TPSA) is 111 Å². The van der Waals surface area contributed by atoms with Crippen molar-refractivity contribution >= 4 is 33.2 Å². The second-order valence-electron chi connectivity index (χ2n) is 9.07. The fourth-order valence-corrected chi connectivity index (χ4v) is 4.62. The Morgan fingerprint density at radius 3 is 2.51 bits per heavy atom. The summed E-state index contributed by atoms with van der Waals surface area (Å²) >= 11 is 1.55. The number of aryl methyl sites for hydroxylation is 2. The summed E-state index contributed by atoms with van der Waals surface area (Å²) in [6.07, 6.45) is 0. The number of carbonyl (C=O) groups is 1. The fraction of sp³-hybridized carbons (Fsp3) is 0.320. The lowest BCUT2D eigenvalue weighted by atomic mass is 9.94. The van der Waals surface area contributed by atoms with Gasteiger partial charge in [0, 0.05) is 6.54 Å². The number of aromatic amines is 1. The zero-order valence-corrected chi connectivity index (χ0v) is 21.1. The first-order valence-electron chi connectivity index (χ1n) is 11.1. The molecule has 0 fully saturated rings. The van der Waals surface area contributed by atoms with E-state index in [0.29, 0.717) is 5.69 Å². The molecule has 9 nitrogen and oxygen atoms in total. The van der Waals surface area contributed by atoms with E-state index in [-0.39, 0.29) is 18.7 Å². The molecule has 0 atom stereocenters. The van der Waals surface area contributed by atoms with Crippen LogP contribution < -0.4 is 17.0 Å². The Morgan fingerprint density at radius 1 is 1.11 bits per heavy atom. The molecule has 2 aromatic heterocycles. The molecule has 1 N–H and O–H groups in total. The number of aromatic nitrogens is 4. The summed E-state index contributed by atoms with van der Waals surface area (Å²) in [7, 11) is 1.28. The van der Waals surface area contributed by atoms with E-state index in [1.807, 2.05) is 50.2 Å². The number of esters is 1. The molecule has 4 aromatic rings. The molecule has 0 bridgehead atoms. The molecule has 0 saturated carbocycles. The number of thiazole rings is 1. The van der Waals surface area contributed by atoms with E-state index in [4.69, 9.17) is 4.74 Å². The normalized spacial score (nSPS) is 12.3. The van der Waals surface area contributed by atoms with Crippen molar-refractivity contribution in [3.05, 3.63) is 85.2 Å². The predicted octanol–water partition coefficient (Wildman–Crippen LogP) is 3.04. The lowest BCUT2D eigenvalue weighted by Crippen LogP contribution is -2.52. The van der Waals surface area contributed by atoms with Crippen LogP contribution in [0.1, 0.15) is 30.0 Å². The van der Waals surface area contributed by atoms with Crippen LogP contribution in [-0.2, 0) is 22.6 Å². The molecule has 0 saturated heterocycles. The molecule has 0 amide bonds. The lowest BCUT2D eigenvalue weighted by molar-refractivity contribution is -0.151. The first kappa shape index (κ1) is 24.3. The van der Waals surface area contributed by atoms with Crippen LogP contribution in [0.3, 0.4) is 0 Å². The third-order valence-electron chi connectivity index (χ3n) is 5.65. The van der Waals surface area contributed by atoms with Crippen LogP contribution >= 0.6 is 11.3 Å². The van der Waals surface area contributed by atoms with Gasteiger partial charge in [-0.1, -0.05) is 29.8 Å². The maximum Gasteiger partial charge on any atom is 0.335 e. The molecule has 0 aliphatic rings. The van der Waals surface area contributed by atoms with Crippen molar-refractivity contribution < 1.29 is 9.53 Å². The zero-order valence-electron chi connectivity index (χ0n) is 20.3. The SMILES string of the molecule is COC(=O)C(C)(C)Cn1c(=O)[nH]/c(=N\c2ccc3nc(C)sc3c2)n(Cc2ccc(C)cc2)c1=O. The van der Waals surface area contributed by atoms with Crippen LogP contribution in [0.4, 0.5) is 5.69 Å². The average Bonchev–Trinajstić information content (AvgIpc) is 3.19. The Labute approximate surface area is 205 Å². The van der Waals surface area contributed by atoms with Crippen molar-refractivity contribution in [3.63, 3.8) is 0 Å². The molecule has 0 aliphatic carbocycles. The van der Waals surface area contributed by atoms with Gasteiger partial charge in [-0.05, 0) is 51.5 Å². The highest BCUT2D eigenvalue weighted by Gasteiger charge is 2.31. The lowest BCUT2D eigenvalue weighted by Gasteiger charge is -2.22. The third kappa shape index (κ3) is 5.17. The van der Waals surface area contributed by atoms with Gasteiger partial charge in [0.1, 0.15) is 0 Å². The maximum atomic E-state index is 13.6. The minimum absolute atomic E-state index is 0.119. The van der Waals surface area contributed by atoms with Gasteiger partial charge >= 0.3 is 17.3 Å². The van der Waals surface area contributed by atoms with Crippen LogP contribution in [0.5, 0.6) is 0 Å². The van der Waals surface area contributed by atoms with Gasteiger partial charge in [0.05, 0.1) is 40.0 Å². The summed E-state index contributed by atoms with van der Waals surface area (Å²) in [5.74, 6) is -0.518. The number of rotatable bonds is 6. The Kier molecular flexibility index (Phi) is 6.58. The second kappa shape index (κ2) is 9.46. The Hall–Kier alpha value is -3.79. The molecule has 0 aliphatic heterocycles. The summed E-state index contributed by atoms with van der Waals surface area (Å²) in [5, 5.41) is 0.941. The first-order chi connectivity index (χ1) is 16.6. The number of hydrogen-bond donors (Lipinski definition) is 1. The molecular weight excluding hydrogens is 466 g/mol. The number of methoxy groups -OCH3 is 1. The molecule has 0 spiro atoms. The number of nitrogens with zero attached hydrogens (tertiary/aromatic N) is 4. The second-order valence-corrected chi connectivity index (χ2v) is 10.3. The molecule has 2 aromatic carbocycles. The van der Waals surface area contributed by atoms with Gasteiger partial charge in [-0.25, -0.2) is 24.1 Å². The van der Waals surface area contributed by atoms with E-state index in [9.17, 15) is 14.4 Å². The smallest absolute Gasteiger partial charge is 0.335 e. The highest BCUT2D eigenvalue weighted by molar-refractivity contribution is 7.18. The largest absolute Gasteiger partial charge is 0.469 e.